The molecule has 0 aliphatic heterocycles. The molecular formula is C17H22ClN3. The topological polar surface area (TPSA) is 29.9 Å². The van der Waals surface area contributed by atoms with Crippen LogP contribution in [-0.4, -0.2) is 22.1 Å². The number of hydrogen-bond donors (Lipinski definition) is 1. The SMILES string of the molecule is Cn1ccnc1CCC(CNC1CC1)c1ccccc1Cl. The van der Waals surface area contributed by atoms with E-state index in [4.69, 9.17) is 11.6 Å². The molecule has 1 saturated carbocycles. The Labute approximate surface area is 131 Å². The minimum atomic E-state index is 0.441. The third kappa shape index (κ3) is 3.86. The van der Waals surface area contributed by atoms with Crippen molar-refractivity contribution in [3.05, 3.63) is 53.1 Å². The summed E-state index contributed by atoms with van der Waals surface area (Å²) in [5.41, 5.74) is 1.25. The Morgan fingerprint density at radius 1 is 1.38 bits per heavy atom. The normalized spacial score (nSPS) is 16.1. The molecule has 112 valence electrons. The number of aryl methyl sites for hydroxylation is 2. The summed E-state index contributed by atoms with van der Waals surface area (Å²) < 4.78 is 2.10. The van der Waals surface area contributed by atoms with Crippen molar-refractivity contribution >= 4 is 11.6 Å². The minimum Gasteiger partial charge on any atom is -0.338 e. The maximum Gasteiger partial charge on any atom is 0.108 e. The summed E-state index contributed by atoms with van der Waals surface area (Å²) >= 11 is 6.39. The van der Waals surface area contributed by atoms with Crippen LogP contribution in [0, 0.1) is 0 Å². The zero-order valence-corrected chi connectivity index (χ0v) is 13.2. The van der Waals surface area contributed by atoms with Crippen LogP contribution in [0.4, 0.5) is 0 Å². The van der Waals surface area contributed by atoms with Crippen LogP contribution in [0.25, 0.3) is 0 Å². The van der Waals surface area contributed by atoms with E-state index in [-0.39, 0.29) is 0 Å². The number of nitrogens with one attached hydrogen (secondary N) is 1. The Hall–Kier alpha value is -1.32. The van der Waals surface area contributed by atoms with Gasteiger partial charge in [0.2, 0.25) is 0 Å². The van der Waals surface area contributed by atoms with E-state index in [1.165, 1.54) is 18.4 Å². The molecule has 1 aliphatic rings. The molecule has 1 atom stereocenters. The largest absolute Gasteiger partial charge is 0.338 e. The van der Waals surface area contributed by atoms with Gasteiger partial charge in [0, 0.05) is 43.5 Å². The fourth-order valence-electron chi connectivity index (χ4n) is 2.71. The van der Waals surface area contributed by atoms with Gasteiger partial charge in [-0.15, -0.1) is 0 Å². The van der Waals surface area contributed by atoms with Crippen LogP contribution < -0.4 is 5.32 Å². The van der Waals surface area contributed by atoms with Gasteiger partial charge in [0.15, 0.2) is 0 Å². The standard InChI is InChI=1S/C17H22ClN3/c1-21-11-10-19-17(21)9-6-13(12-20-14-7-8-14)15-4-2-3-5-16(15)18/h2-5,10-11,13-14,20H,6-9,12H2,1H3. The Balaban J connectivity index is 1.69. The average Bonchev–Trinajstić information content (AvgIpc) is 3.22. The first-order chi connectivity index (χ1) is 10.2. The van der Waals surface area contributed by atoms with Crippen LogP contribution >= 0.6 is 11.6 Å². The summed E-state index contributed by atoms with van der Waals surface area (Å²) in [5.74, 6) is 1.58. The molecule has 3 rings (SSSR count). The van der Waals surface area contributed by atoms with E-state index in [9.17, 15) is 0 Å². The van der Waals surface area contributed by atoms with Crippen molar-refractivity contribution in [1.29, 1.82) is 0 Å². The number of nitrogens with zero attached hydrogens (tertiary/aromatic N) is 2. The van der Waals surface area contributed by atoms with Crippen molar-refractivity contribution in [1.82, 2.24) is 14.9 Å². The molecule has 0 bridgehead atoms. The molecule has 1 aliphatic carbocycles. The van der Waals surface area contributed by atoms with Crippen molar-refractivity contribution in [3.63, 3.8) is 0 Å². The summed E-state index contributed by atoms with van der Waals surface area (Å²) in [6, 6.07) is 8.94. The summed E-state index contributed by atoms with van der Waals surface area (Å²) in [6.07, 6.45) is 8.54. The molecule has 1 aromatic carbocycles. The molecule has 4 heteroatoms. The third-order valence-electron chi connectivity index (χ3n) is 4.21. The molecule has 1 aromatic heterocycles. The first-order valence-corrected chi connectivity index (χ1v) is 8.06. The van der Waals surface area contributed by atoms with Gasteiger partial charge < -0.3 is 9.88 Å². The lowest BCUT2D eigenvalue weighted by Gasteiger charge is -2.19. The summed E-state index contributed by atoms with van der Waals surface area (Å²) in [5, 5.41) is 4.52. The predicted molar refractivity (Wildman–Crippen MR) is 86.7 cm³/mol. The highest BCUT2D eigenvalue weighted by Crippen LogP contribution is 2.29. The van der Waals surface area contributed by atoms with E-state index in [0.717, 1.165) is 36.3 Å². The van der Waals surface area contributed by atoms with Gasteiger partial charge in [-0.3, -0.25) is 0 Å². The number of hydrogen-bond acceptors (Lipinski definition) is 2. The van der Waals surface area contributed by atoms with Crippen molar-refractivity contribution in [2.75, 3.05) is 6.54 Å². The van der Waals surface area contributed by atoms with Gasteiger partial charge in [-0.25, -0.2) is 4.98 Å². The van der Waals surface area contributed by atoms with Crippen LogP contribution in [-0.2, 0) is 13.5 Å². The van der Waals surface area contributed by atoms with Crippen molar-refractivity contribution in [2.45, 2.75) is 37.6 Å². The molecule has 1 N–H and O–H groups in total. The van der Waals surface area contributed by atoms with Gasteiger partial charge in [-0.2, -0.15) is 0 Å². The Morgan fingerprint density at radius 3 is 2.86 bits per heavy atom. The lowest BCUT2D eigenvalue weighted by Crippen LogP contribution is -2.24. The fourth-order valence-corrected chi connectivity index (χ4v) is 3.00. The van der Waals surface area contributed by atoms with E-state index < -0.39 is 0 Å². The number of rotatable bonds is 7. The van der Waals surface area contributed by atoms with E-state index in [2.05, 4.69) is 34.0 Å². The van der Waals surface area contributed by atoms with E-state index in [1.807, 2.05) is 24.5 Å². The van der Waals surface area contributed by atoms with Gasteiger partial charge in [-0.1, -0.05) is 29.8 Å². The first kappa shape index (κ1) is 14.6. The predicted octanol–water partition coefficient (Wildman–Crippen LogP) is 3.54. The highest BCUT2D eigenvalue weighted by molar-refractivity contribution is 6.31. The van der Waals surface area contributed by atoms with Crippen LogP contribution in [0.2, 0.25) is 5.02 Å². The Kier molecular flexibility index (Phi) is 4.61. The molecule has 1 heterocycles. The smallest absolute Gasteiger partial charge is 0.108 e. The molecule has 21 heavy (non-hydrogen) atoms. The highest BCUT2D eigenvalue weighted by atomic mass is 35.5. The monoisotopic (exact) mass is 303 g/mol. The second-order valence-corrected chi connectivity index (χ2v) is 6.30. The summed E-state index contributed by atoms with van der Waals surface area (Å²) in [6.45, 7) is 0.999. The van der Waals surface area contributed by atoms with Crippen LogP contribution in [0.15, 0.2) is 36.7 Å². The Bertz CT molecular complexity index is 589. The molecule has 0 saturated heterocycles. The number of imidazole rings is 1. The van der Waals surface area contributed by atoms with Crippen molar-refractivity contribution < 1.29 is 0 Å². The molecule has 2 aromatic rings. The number of benzene rings is 1. The van der Waals surface area contributed by atoms with Crippen molar-refractivity contribution in [2.24, 2.45) is 7.05 Å². The maximum atomic E-state index is 6.39. The quantitative estimate of drug-likeness (QED) is 0.848. The second kappa shape index (κ2) is 6.63. The highest BCUT2D eigenvalue weighted by Gasteiger charge is 2.23. The number of halogens is 1. The molecule has 0 spiro atoms. The van der Waals surface area contributed by atoms with E-state index >= 15 is 0 Å². The third-order valence-corrected chi connectivity index (χ3v) is 4.56. The van der Waals surface area contributed by atoms with Gasteiger partial charge in [0.05, 0.1) is 0 Å². The summed E-state index contributed by atoms with van der Waals surface area (Å²) in [4.78, 5) is 4.42. The zero-order chi connectivity index (χ0) is 14.7. The Morgan fingerprint density at radius 2 is 2.19 bits per heavy atom. The van der Waals surface area contributed by atoms with Crippen LogP contribution in [0.3, 0.4) is 0 Å². The van der Waals surface area contributed by atoms with Crippen LogP contribution in [0.1, 0.15) is 36.6 Å². The molecule has 0 radical (unpaired) electrons. The summed E-state index contributed by atoms with van der Waals surface area (Å²) in [7, 11) is 2.05. The van der Waals surface area contributed by atoms with Gasteiger partial charge in [0.1, 0.15) is 5.82 Å². The molecule has 0 amide bonds. The average molecular weight is 304 g/mol. The molecular weight excluding hydrogens is 282 g/mol. The first-order valence-electron chi connectivity index (χ1n) is 7.68. The van der Waals surface area contributed by atoms with Crippen molar-refractivity contribution in [3.8, 4) is 0 Å². The van der Waals surface area contributed by atoms with Gasteiger partial charge >= 0.3 is 0 Å². The zero-order valence-electron chi connectivity index (χ0n) is 12.4. The lowest BCUT2D eigenvalue weighted by molar-refractivity contribution is 0.538. The fraction of sp³-hybridized carbons (Fsp3) is 0.471. The second-order valence-electron chi connectivity index (χ2n) is 5.89. The number of aromatic nitrogens is 2. The lowest BCUT2D eigenvalue weighted by atomic mass is 9.93. The van der Waals surface area contributed by atoms with Gasteiger partial charge in [0.25, 0.3) is 0 Å². The van der Waals surface area contributed by atoms with E-state index in [0.29, 0.717) is 5.92 Å². The van der Waals surface area contributed by atoms with E-state index in [1.54, 1.807) is 0 Å². The van der Waals surface area contributed by atoms with Gasteiger partial charge in [-0.05, 0) is 36.8 Å². The maximum absolute atomic E-state index is 6.39. The molecule has 3 nitrogen and oxygen atoms in total. The van der Waals surface area contributed by atoms with Crippen LogP contribution in [0.5, 0.6) is 0 Å². The minimum absolute atomic E-state index is 0.441. The molecule has 1 unspecified atom stereocenters. The molecule has 1 fully saturated rings.